The smallest absolute Gasteiger partial charge is 0.251 e. The van der Waals surface area contributed by atoms with Crippen LogP contribution in [0.1, 0.15) is 19.4 Å². The van der Waals surface area contributed by atoms with Crippen molar-refractivity contribution in [1.29, 1.82) is 0 Å². The Morgan fingerprint density at radius 1 is 1.47 bits per heavy atom. The van der Waals surface area contributed by atoms with Crippen LogP contribution in [-0.4, -0.2) is 21.2 Å². The van der Waals surface area contributed by atoms with E-state index in [0.717, 1.165) is 16.2 Å². The molecule has 0 aliphatic carbocycles. The van der Waals surface area contributed by atoms with Crippen LogP contribution in [0.15, 0.2) is 35.1 Å². The summed E-state index contributed by atoms with van der Waals surface area (Å²) in [6.45, 7) is 4.72. The van der Waals surface area contributed by atoms with Gasteiger partial charge in [-0.15, -0.1) is 0 Å². The molecule has 0 aromatic carbocycles. The van der Waals surface area contributed by atoms with E-state index in [-0.39, 0.29) is 11.3 Å². The van der Waals surface area contributed by atoms with Gasteiger partial charge in [0.05, 0.1) is 0 Å². The normalized spacial score (nSPS) is 19.9. The van der Waals surface area contributed by atoms with Crippen LogP contribution in [0.4, 0.5) is 0 Å². The number of primary amides is 1. The molecule has 1 aromatic heterocycles. The van der Waals surface area contributed by atoms with Gasteiger partial charge in [0.1, 0.15) is 0 Å². The van der Waals surface area contributed by atoms with Gasteiger partial charge in [-0.05, 0) is 31.5 Å². The summed E-state index contributed by atoms with van der Waals surface area (Å²) in [5.74, 6) is -0.291. The van der Waals surface area contributed by atoms with Gasteiger partial charge >= 0.3 is 0 Å². The minimum Gasteiger partial charge on any atom is -0.367 e. The predicted molar refractivity (Wildman–Crippen MR) is 68.7 cm³/mol. The van der Waals surface area contributed by atoms with Crippen LogP contribution < -0.4 is 5.73 Å². The first-order valence-corrected chi connectivity index (χ1v) is 6.26. The summed E-state index contributed by atoms with van der Waals surface area (Å²) in [5, 5.41) is -0.289. The molecule has 4 nitrogen and oxygen atoms in total. The van der Waals surface area contributed by atoms with Gasteiger partial charge in [-0.2, -0.15) is 0 Å². The van der Waals surface area contributed by atoms with E-state index >= 15 is 0 Å². The van der Waals surface area contributed by atoms with Gasteiger partial charge < -0.3 is 10.6 Å². The number of hydrogen-bond acceptors (Lipinski definition) is 4. The fourth-order valence-electron chi connectivity index (χ4n) is 1.79. The van der Waals surface area contributed by atoms with E-state index in [2.05, 4.69) is 4.98 Å². The Morgan fingerprint density at radius 2 is 2.12 bits per heavy atom. The second-order valence-corrected chi connectivity index (χ2v) is 5.29. The van der Waals surface area contributed by atoms with E-state index in [0.29, 0.717) is 6.54 Å². The van der Waals surface area contributed by atoms with Gasteiger partial charge in [0, 0.05) is 29.5 Å². The van der Waals surface area contributed by atoms with E-state index in [9.17, 15) is 4.79 Å². The largest absolute Gasteiger partial charge is 0.367 e. The van der Waals surface area contributed by atoms with Crippen LogP contribution in [0, 0.1) is 0 Å². The minimum atomic E-state index is -0.291. The summed E-state index contributed by atoms with van der Waals surface area (Å²) in [6, 6.07) is 3.90. The van der Waals surface area contributed by atoms with Crippen molar-refractivity contribution in [3.05, 3.63) is 40.7 Å². The highest BCUT2D eigenvalue weighted by Gasteiger charge is 2.32. The highest BCUT2D eigenvalue weighted by molar-refractivity contribution is 8.04. The molecule has 1 aromatic rings. The lowest BCUT2D eigenvalue weighted by Crippen LogP contribution is -2.38. The number of nitrogens with zero attached hydrogens (tertiary/aromatic N) is 2. The van der Waals surface area contributed by atoms with Gasteiger partial charge in [0.2, 0.25) is 0 Å². The summed E-state index contributed by atoms with van der Waals surface area (Å²) >= 11 is 1.52. The molecule has 2 heterocycles. The molecule has 1 atom stereocenters. The summed E-state index contributed by atoms with van der Waals surface area (Å²) in [7, 11) is 0. The molecular weight excluding hydrogens is 234 g/mol. The summed E-state index contributed by atoms with van der Waals surface area (Å²) in [6.07, 6.45) is 3.51. The van der Waals surface area contributed by atoms with Crippen molar-refractivity contribution >= 4 is 17.7 Å². The molecule has 0 fully saturated rings. The lowest BCUT2D eigenvalue weighted by Gasteiger charge is -2.25. The molecule has 90 valence electrons. The summed E-state index contributed by atoms with van der Waals surface area (Å²) in [5.41, 5.74) is 7.67. The first kappa shape index (κ1) is 12.0. The van der Waals surface area contributed by atoms with Gasteiger partial charge in [0.15, 0.2) is 5.37 Å². The molecule has 0 bridgehead atoms. The summed E-state index contributed by atoms with van der Waals surface area (Å²) < 4.78 is 0. The number of nitrogens with two attached hydrogens (primary N) is 1. The average Bonchev–Trinajstić information content (AvgIpc) is 2.59. The number of amides is 1. The van der Waals surface area contributed by atoms with Crippen molar-refractivity contribution in [2.45, 2.75) is 25.8 Å². The van der Waals surface area contributed by atoms with E-state index in [1.54, 1.807) is 12.4 Å². The van der Waals surface area contributed by atoms with Crippen LogP contribution in [0.25, 0.3) is 0 Å². The lowest BCUT2D eigenvalue weighted by atomic mass is 10.2. The van der Waals surface area contributed by atoms with Crippen LogP contribution in [-0.2, 0) is 11.3 Å². The molecule has 17 heavy (non-hydrogen) atoms. The van der Waals surface area contributed by atoms with Crippen molar-refractivity contribution in [2.75, 3.05) is 0 Å². The number of pyridine rings is 1. The molecule has 5 heteroatoms. The zero-order chi connectivity index (χ0) is 12.4. The Kier molecular flexibility index (Phi) is 3.38. The maximum Gasteiger partial charge on any atom is 0.251 e. The fraction of sp³-hybridized carbons (Fsp3) is 0.333. The van der Waals surface area contributed by atoms with Gasteiger partial charge in [-0.1, -0.05) is 11.8 Å². The SMILES string of the molecule is CC1=C(C)N(Cc2ccncc2)C(C(N)=O)S1. The topological polar surface area (TPSA) is 59.2 Å². The Bertz CT molecular complexity index is 458. The molecule has 0 spiro atoms. The Hall–Kier alpha value is -1.49. The number of allylic oxidation sites excluding steroid dienone is 2. The van der Waals surface area contributed by atoms with Crippen molar-refractivity contribution in [3.8, 4) is 0 Å². The predicted octanol–water partition coefficient (Wildman–Crippen LogP) is 1.69. The molecule has 1 unspecified atom stereocenters. The molecule has 1 aliphatic heterocycles. The third-order valence-electron chi connectivity index (χ3n) is 2.86. The van der Waals surface area contributed by atoms with Crippen molar-refractivity contribution < 1.29 is 4.79 Å². The second kappa shape index (κ2) is 4.79. The second-order valence-electron chi connectivity index (χ2n) is 4.00. The number of thioether (sulfide) groups is 1. The fourth-order valence-corrected chi connectivity index (χ4v) is 2.89. The highest BCUT2D eigenvalue weighted by atomic mass is 32.2. The monoisotopic (exact) mass is 249 g/mol. The highest BCUT2D eigenvalue weighted by Crippen LogP contribution is 2.38. The third kappa shape index (κ3) is 2.44. The standard InChI is InChI=1S/C12H15N3OS/c1-8-9(2)17-12(11(13)16)15(8)7-10-3-5-14-6-4-10/h3-6,12H,7H2,1-2H3,(H2,13,16). The van der Waals surface area contributed by atoms with E-state index < -0.39 is 0 Å². The van der Waals surface area contributed by atoms with Crippen LogP contribution >= 0.6 is 11.8 Å². The number of rotatable bonds is 3. The maximum absolute atomic E-state index is 11.4. The molecule has 0 radical (unpaired) electrons. The third-order valence-corrected chi connectivity index (χ3v) is 4.22. The Morgan fingerprint density at radius 3 is 2.71 bits per heavy atom. The Labute approximate surface area is 105 Å². The van der Waals surface area contributed by atoms with E-state index in [1.165, 1.54) is 11.8 Å². The first-order chi connectivity index (χ1) is 8.09. The average molecular weight is 249 g/mol. The molecule has 1 aliphatic rings. The van der Waals surface area contributed by atoms with Crippen LogP contribution in [0.2, 0.25) is 0 Å². The lowest BCUT2D eigenvalue weighted by molar-refractivity contribution is -0.119. The number of hydrogen-bond donors (Lipinski definition) is 1. The van der Waals surface area contributed by atoms with Crippen LogP contribution in [0.5, 0.6) is 0 Å². The number of carbonyl (C=O) groups excluding carboxylic acids is 1. The zero-order valence-corrected chi connectivity index (χ0v) is 10.7. The molecule has 0 saturated heterocycles. The van der Waals surface area contributed by atoms with Crippen molar-refractivity contribution in [1.82, 2.24) is 9.88 Å². The Balaban J connectivity index is 2.20. The first-order valence-electron chi connectivity index (χ1n) is 5.38. The maximum atomic E-state index is 11.4. The van der Waals surface area contributed by atoms with Gasteiger partial charge in [0.25, 0.3) is 5.91 Å². The number of carbonyl (C=O) groups is 1. The van der Waals surface area contributed by atoms with Gasteiger partial charge in [-0.25, -0.2) is 0 Å². The van der Waals surface area contributed by atoms with E-state index in [1.807, 2.05) is 30.9 Å². The zero-order valence-electron chi connectivity index (χ0n) is 9.88. The van der Waals surface area contributed by atoms with Crippen molar-refractivity contribution in [2.24, 2.45) is 5.73 Å². The molecule has 0 saturated carbocycles. The molecule has 2 rings (SSSR count). The van der Waals surface area contributed by atoms with Crippen molar-refractivity contribution in [3.63, 3.8) is 0 Å². The van der Waals surface area contributed by atoms with Gasteiger partial charge in [-0.3, -0.25) is 9.78 Å². The van der Waals surface area contributed by atoms with E-state index in [4.69, 9.17) is 5.73 Å². The molecule has 1 amide bonds. The quantitative estimate of drug-likeness (QED) is 0.885. The molecular formula is C12H15N3OS. The summed E-state index contributed by atoms with van der Waals surface area (Å²) in [4.78, 5) is 18.6. The molecule has 2 N–H and O–H groups in total. The minimum absolute atomic E-state index is 0.289. The number of aromatic nitrogens is 1. The van der Waals surface area contributed by atoms with Crippen LogP contribution in [0.3, 0.4) is 0 Å².